The van der Waals surface area contributed by atoms with Gasteiger partial charge in [0.15, 0.2) is 0 Å². The summed E-state index contributed by atoms with van der Waals surface area (Å²) < 4.78 is 0. The minimum absolute atomic E-state index is 0.202. The van der Waals surface area contributed by atoms with Crippen molar-refractivity contribution in [1.29, 1.82) is 0 Å². The highest BCUT2D eigenvalue weighted by Crippen LogP contribution is 2.32. The van der Waals surface area contributed by atoms with Gasteiger partial charge in [0.25, 0.3) is 5.91 Å². The number of hydrogen-bond donors (Lipinski definition) is 1. The zero-order valence-corrected chi connectivity index (χ0v) is 11.7. The number of anilines is 1. The fourth-order valence-electron chi connectivity index (χ4n) is 3.35. The molecule has 0 saturated carbocycles. The molecule has 3 rings (SSSR count). The van der Waals surface area contributed by atoms with E-state index in [2.05, 4.69) is 24.1 Å². The van der Waals surface area contributed by atoms with Crippen molar-refractivity contribution in [3.8, 4) is 0 Å². The number of nitrogens with one attached hydrogen (secondary N) is 1. The Bertz CT molecular complexity index is 483. The lowest BCUT2D eigenvalue weighted by Gasteiger charge is -2.39. The first-order valence-electron chi connectivity index (χ1n) is 7.30. The third kappa shape index (κ3) is 2.22. The maximum Gasteiger partial charge on any atom is 0.256 e. The van der Waals surface area contributed by atoms with Crippen LogP contribution in [0.1, 0.15) is 37.0 Å². The minimum Gasteiger partial charge on any atom is -0.382 e. The first kappa shape index (κ1) is 12.5. The quantitative estimate of drug-likeness (QED) is 0.840. The normalized spacial score (nSPS) is 26.5. The molecule has 102 valence electrons. The molecule has 0 aliphatic carbocycles. The van der Waals surface area contributed by atoms with E-state index < -0.39 is 0 Å². The predicted octanol–water partition coefficient (Wildman–Crippen LogP) is 2.99. The third-order valence-corrected chi connectivity index (χ3v) is 4.65. The zero-order chi connectivity index (χ0) is 13.4. The van der Waals surface area contributed by atoms with Crippen LogP contribution in [0.25, 0.3) is 0 Å². The molecule has 1 amide bonds. The molecule has 3 heteroatoms. The van der Waals surface area contributed by atoms with Gasteiger partial charge in [-0.25, -0.2) is 0 Å². The van der Waals surface area contributed by atoms with Crippen LogP contribution in [-0.4, -0.2) is 29.9 Å². The van der Waals surface area contributed by atoms with Crippen LogP contribution in [0.15, 0.2) is 24.3 Å². The molecule has 2 heterocycles. The number of carbonyl (C=O) groups is 1. The molecule has 0 spiro atoms. The minimum atomic E-state index is 0.202. The lowest BCUT2D eigenvalue weighted by molar-refractivity contribution is 0.0539. The smallest absolute Gasteiger partial charge is 0.256 e. The lowest BCUT2D eigenvalue weighted by Crippen LogP contribution is -2.48. The summed E-state index contributed by atoms with van der Waals surface area (Å²) in [4.78, 5) is 14.7. The average molecular weight is 258 g/mol. The van der Waals surface area contributed by atoms with Crippen molar-refractivity contribution >= 4 is 11.6 Å². The monoisotopic (exact) mass is 258 g/mol. The van der Waals surface area contributed by atoms with Crippen LogP contribution in [0.5, 0.6) is 0 Å². The molecule has 1 aromatic rings. The van der Waals surface area contributed by atoms with Crippen LogP contribution in [0, 0.1) is 11.8 Å². The van der Waals surface area contributed by atoms with Gasteiger partial charge in [0.05, 0.1) is 5.56 Å². The first-order valence-corrected chi connectivity index (χ1v) is 7.30. The largest absolute Gasteiger partial charge is 0.382 e. The Kier molecular flexibility index (Phi) is 3.21. The van der Waals surface area contributed by atoms with Crippen LogP contribution < -0.4 is 5.32 Å². The Balaban J connectivity index is 1.86. The number of nitrogens with zero attached hydrogens (tertiary/aromatic N) is 1. The summed E-state index contributed by atoms with van der Waals surface area (Å²) in [6.07, 6.45) is 2.27. The number of rotatable bonds is 1. The van der Waals surface area contributed by atoms with Gasteiger partial charge >= 0.3 is 0 Å². The van der Waals surface area contributed by atoms with Gasteiger partial charge in [-0.05, 0) is 36.8 Å². The molecule has 1 unspecified atom stereocenters. The van der Waals surface area contributed by atoms with Gasteiger partial charge in [-0.15, -0.1) is 0 Å². The van der Waals surface area contributed by atoms with Gasteiger partial charge < -0.3 is 10.2 Å². The highest BCUT2D eigenvalue weighted by molar-refractivity contribution is 6.00. The highest BCUT2D eigenvalue weighted by atomic mass is 16.2. The second-order valence-corrected chi connectivity index (χ2v) is 6.11. The van der Waals surface area contributed by atoms with Crippen molar-refractivity contribution in [2.45, 2.75) is 32.7 Å². The molecule has 2 aliphatic heterocycles. The summed E-state index contributed by atoms with van der Waals surface area (Å²) in [7, 11) is 0. The molecule has 19 heavy (non-hydrogen) atoms. The molecule has 0 bridgehead atoms. The SMILES string of the molecule is CC(C)C1CCN2C(=O)c3ccccc3NC[C@@H]2C1. The number of amides is 1. The van der Waals surface area contributed by atoms with Gasteiger partial charge in [-0.3, -0.25) is 4.79 Å². The molecule has 0 aromatic heterocycles. The summed E-state index contributed by atoms with van der Waals surface area (Å²) in [5, 5.41) is 3.45. The summed E-state index contributed by atoms with van der Waals surface area (Å²) >= 11 is 0. The Morgan fingerprint density at radius 2 is 2.11 bits per heavy atom. The van der Waals surface area contributed by atoms with E-state index in [0.717, 1.165) is 43.1 Å². The fraction of sp³-hybridized carbons (Fsp3) is 0.562. The van der Waals surface area contributed by atoms with E-state index in [4.69, 9.17) is 0 Å². The zero-order valence-electron chi connectivity index (χ0n) is 11.7. The molecule has 2 aliphatic rings. The highest BCUT2D eigenvalue weighted by Gasteiger charge is 2.35. The molecule has 1 saturated heterocycles. The standard InChI is InChI=1S/C16H22N2O/c1-11(2)12-7-8-18-13(9-12)10-17-15-6-4-3-5-14(15)16(18)19/h3-6,11-13,17H,7-10H2,1-2H3/t12?,13-/m0/s1. The summed E-state index contributed by atoms with van der Waals surface area (Å²) in [6.45, 7) is 6.37. The molecule has 3 nitrogen and oxygen atoms in total. The van der Waals surface area contributed by atoms with Gasteiger partial charge in [0, 0.05) is 24.8 Å². The van der Waals surface area contributed by atoms with Crippen LogP contribution in [0.2, 0.25) is 0 Å². The van der Waals surface area contributed by atoms with Crippen LogP contribution in [0.3, 0.4) is 0 Å². The average Bonchev–Trinajstić information content (AvgIpc) is 2.57. The van der Waals surface area contributed by atoms with E-state index in [1.807, 2.05) is 24.3 Å². The van der Waals surface area contributed by atoms with Crippen LogP contribution in [0.4, 0.5) is 5.69 Å². The number of fused-ring (bicyclic) bond motifs is 2. The van der Waals surface area contributed by atoms with Gasteiger partial charge in [-0.1, -0.05) is 26.0 Å². The number of benzene rings is 1. The lowest BCUT2D eigenvalue weighted by atomic mass is 9.83. The molecular formula is C16H22N2O. The van der Waals surface area contributed by atoms with Gasteiger partial charge in [-0.2, -0.15) is 0 Å². The van der Waals surface area contributed by atoms with Crippen molar-refractivity contribution in [2.24, 2.45) is 11.8 Å². The van der Waals surface area contributed by atoms with Crippen molar-refractivity contribution < 1.29 is 4.79 Å². The van der Waals surface area contributed by atoms with Gasteiger partial charge in [0.2, 0.25) is 0 Å². The number of para-hydroxylation sites is 1. The fourth-order valence-corrected chi connectivity index (χ4v) is 3.35. The molecule has 0 radical (unpaired) electrons. The topological polar surface area (TPSA) is 32.3 Å². The third-order valence-electron chi connectivity index (χ3n) is 4.65. The van der Waals surface area contributed by atoms with Crippen molar-refractivity contribution in [2.75, 3.05) is 18.4 Å². The summed E-state index contributed by atoms with van der Waals surface area (Å²) in [6, 6.07) is 8.22. The van der Waals surface area contributed by atoms with Crippen LogP contribution in [-0.2, 0) is 0 Å². The second-order valence-electron chi connectivity index (χ2n) is 6.11. The number of hydrogen-bond acceptors (Lipinski definition) is 2. The number of piperidine rings is 1. The molecular weight excluding hydrogens is 236 g/mol. The Hall–Kier alpha value is -1.51. The van der Waals surface area contributed by atoms with E-state index in [1.54, 1.807) is 0 Å². The van der Waals surface area contributed by atoms with Crippen molar-refractivity contribution in [3.63, 3.8) is 0 Å². The molecule has 1 N–H and O–H groups in total. The summed E-state index contributed by atoms with van der Waals surface area (Å²) in [5.41, 5.74) is 1.82. The van der Waals surface area contributed by atoms with Crippen molar-refractivity contribution in [3.05, 3.63) is 29.8 Å². The first-order chi connectivity index (χ1) is 9.16. The Morgan fingerprint density at radius 3 is 2.89 bits per heavy atom. The number of carbonyl (C=O) groups excluding carboxylic acids is 1. The summed E-state index contributed by atoms with van der Waals surface area (Å²) in [5.74, 6) is 1.66. The van der Waals surface area contributed by atoms with Crippen LogP contribution >= 0.6 is 0 Å². The van der Waals surface area contributed by atoms with E-state index in [-0.39, 0.29) is 5.91 Å². The maximum atomic E-state index is 12.6. The predicted molar refractivity (Wildman–Crippen MR) is 77.3 cm³/mol. The Morgan fingerprint density at radius 1 is 1.32 bits per heavy atom. The molecule has 1 aromatic carbocycles. The van der Waals surface area contributed by atoms with E-state index in [1.165, 1.54) is 0 Å². The Labute approximate surface area is 115 Å². The second kappa shape index (κ2) is 4.87. The van der Waals surface area contributed by atoms with E-state index in [0.29, 0.717) is 12.0 Å². The maximum absolute atomic E-state index is 12.6. The molecule has 1 fully saturated rings. The molecule has 2 atom stereocenters. The van der Waals surface area contributed by atoms with Gasteiger partial charge in [0.1, 0.15) is 0 Å². The van der Waals surface area contributed by atoms with E-state index >= 15 is 0 Å². The van der Waals surface area contributed by atoms with Crippen molar-refractivity contribution in [1.82, 2.24) is 4.90 Å². The van der Waals surface area contributed by atoms with E-state index in [9.17, 15) is 4.79 Å².